The standard InChI is InChI=1S/C27H20ClFN2O7/c1-2-37-22-13-16(12-21(28)23(22)38-14-15-3-5-17(6-4-15)26(34)35)11-20-24(32)30-27(36)31(25(20)33)19-9-7-18(29)8-10-19/h3-13H,2,14H2,1H3,(H,34,35)(H,30,32,36)/b20-11+. The summed E-state index contributed by atoms with van der Waals surface area (Å²) in [5.74, 6) is -2.95. The van der Waals surface area contributed by atoms with Gasteiger partial charge in [-0.2, -0.15) is 0 Å². The third kappa shape index (κ3) is 5.65. The molecular weight excluding hydrogens is 519 g/mol. The lowest BCUT2D eigenvalue weighted by atomic mass is 10.1. The molecule has 0 unspecified atom stereocenters. The van der Waals surface area contributed by atoms with Crippen molar-refractivity contribution >= 4 is 47.2 Å². The maximum atomic E-state index is 13.3. The SMILES string of the molecule is CCOc1cc(/C=C2\C(=O)NC(=O)N(c3ccc(F)cc3)C2=O)cc(Cl)c1OCc1ccc(C(=O)O)cc1. The van der Waals surface area contributed by atoms with Gasteiger partial charge >= 0.3 is 12.0 Å². The number of nitrogens with one attached hydrogen (secondary N) is 1. The first-order valence-corrected chi connectivity index (χ1v) is 11.6. The molecule has 1 saturated heterocycles. The molecule has 1 heterocycles. The molecule has 0 saturated carbocycles. The first-order chi connectivity index (χ1) is 18.2. The number of hydrogen-bond donors (Lipinski definition) is 2. The number of carboxylic acid groups (broad SMARTS) is 1. The van der Waals surface area contributed by atoms with Crippen LogP contribution in [0.5, 0.6) is 11.5 Å². The Balaban J connectivity index is 1.62. The fourth-order valence-electron chi connectivity index (χ4n) is 3.62. The van der Waals surface area contributed by atoms with Crippen molar-refractivity contribution in [2.45, 2.75) is 13.5 Å². The highest BCUT2D eigenvalue weighted by Gasteiger charge is 2.37. The average molecular weight is 539 g/mol. The van der Waals surface area contributed by atoms with E-state index >= 15 is 0 Å². The van der Waals surface area contributed by atoms with Gasteiger partial charge in [0.05, 0.1) is 22.9 Å². The molecule has 0 atom stereocenters. The number of imide groups is 2. The average Bonchev–Trinajstić information content (AvgIpc) is 2.87. The van der Waals surface area contributed by atoms with Gasteiger partial charge in [-0.1, -0.05) is 23.7 Å². The van der Waals surface area contributed by atoms with E-state index in [1.54, 1.807) is 19.1 Å². The lowest BCUT2D eigenvalue weighted by Gasteiger charge is -2.26. The van der Waals surface area contributed by atoms with Gasteiger partial charge in [0.15, 0.2) is 11.5 Å². The predicted octanol–water partition coefficient (Wildman–Crippen LogP) is 4.82. The van der Waals surface area contributed by atoms with E-state index in [0.717, 1.165) is 17.0 Å². The quantitative estimate of drug-likeness (QED) is 0.311. The van der Waals surface area contributed by atoms with E-state index in [0.29, 0.717) is 11.1 Å². The molecule has 0 aromatic heterocycles. The van der Waals surface area contributed by atoms with E-state index in [-0.39, 0.29) is 46.6 Å². The van der Waals surface area contributed by atoms with Crippen LogP contribution >= 0.6 is 11.6 Å². The number of hydrogen-bond acceptors (Lipinski definition) is 6. The van der Waals surface area contributed by atoms with Crippen molar-refractivity contribution in [2.24, 2.45) is 0 Å². The third-order valence-electron chi connectivity index (χ3n) is 5.41. The summed E-state index contributed by atoms with van der Waals surface area (Å²) >= 11 is 6.46. The zero-order chi connectivity index (χ0) is 27.4. The van der Waals surface area contributed by atoms with Crippen molar-refractivity contribution in [3.63, 3.8) is 0 Å². The second kappa shape index (κ2) is 11.1. The van der Waals surface area contributed by atoms with E-state index < -0.39 is 29.6 Å². The first kappa shape index (κ1) is 26.4. The number of anilines is 1. The number of aromatic carboxylic acids is 1. The molecule has 4 rings (SSSR count). The summed E-state index contributed by atoms with van der Waals surface area (Å²) in [6.07, 6.45) is 1.25. The minimum absolute atomic E-state index is 0.0652. The normalized spacial score (nSPS) is 14.4. The van der Waals surface area contributed by atoms with Crippen LogP contribution < -0.4 is 19.7 Å². The minimum atomic E-state index is -1.04. The van der Waals surface area contributed by atoms with Gasteiger partial charge in [-0.25, -0.2) is 18.9 Å². The number of ether oxygens (including phenoxy) is 2. The van der Waals surface area contributed by atoms with Crippen LogP contribution in [-0.4, -0.2) is 35.5 Å². The van der Waals surface area contributed by atoms with Crippen molar-refractivity contribution in [1.82, 2.24) is 5.32 Å². The molecule has 4 amide bonds. The summed E-state index contributed by atoms with van der Waals surface area (Å²) in [7, 11) is 0. The summed E-state index contributed by atoms with van der Waals surface area (Å²) < 4.78 is 24.8. The van der Waals surface area contributed by atoms with E-state index in [4.69, 9.17) is 26.2 Å². The van der Waals surface area contributed by atoms with Gasteiger partial charge in [0.25, 0.3) is 11.8 Å². The van der Waals surface area contributed by atoms with Crippen LogP contribution in [0, 0.1) is 5.82 Å². The molecule has 3 aromatic carbocycles. The molecule has 9 nitrogen and oxygen atoms in total. The maximum Gasteiger partial charge on any atom is 0.335 e. The Labute approximate surface area is 221 Å². The summed E-state index contributed by atoms with van der Waals surface area (Å²) in [6, 6.07) is 12.8. The number of nitrogens with zero attached hydrogens (tertiary/aromatic N) is 1. The van der Waals surface area contributed by atoms with Crippen LogP contribution in [0.25, 0.3) is 6.08 Å². The van der Waals surface area contributed by atoms with Crippen molar-refractivity contribution in [2.75, 3.05) is 11.5 Å². The van der Waals surface area contributed by atoms with Crippen LogP contribution in [0.2, 0.25) is 5.02 Å². The fourth-order valence-corrected chi connectivity index (χ4v) is 3.90. The Bertz CT molecular complexity index is 1450. The fraction of sp³-hybridized carbons (Fsp3) is 0.111. The number of amides is 4. The van der Waals surface area contributed by atoms with Crippen LogP contribution in [-0.2, 0) is 16.2 Å². The zero-order valence-electron chi connectivity index (χ0n) is 19.9. The molecule has 1 aliphatic heterocycles. The molecule has 194 valence electrons. The molecule has 0 aliphatic carbocycles. The number of rotatable bonds is 8. The summed E-state index contributed by atoms with van der Waals surface area (Å²) in [6.45, 7) is 2.07. The number of carbonyl (C=O) groups excluding carboxylic acids is 3. The van der Waals surface area contributed by atoms with E-state index in [1.807, 2.05) is 0 Å². The topological polar surface area (TPSA) is 122 Å². The van der Waals surface area contributed by atoms with E-state index in [2.05, 4.69) is 5.32 Å². The van der Waals surface area contributed by atoms with Gasteiger partial charge in [0, 0.05) is 0 Å². The maximum absolute atomic E-state index is 13.3. The Morgan fingerprint density at radius 1 is 1.05 bits per heavy atom. The second-order valence-corrected chi connectivity index (χ2v) is 8.40. The number of carboxylic acids is 1. The van der Waals surface area contributed by atoms with Gasteiger partial charge in [-0.15, -0.1) is 0 Å². The van der Waals surface area contributed by atoms with Gasteiger partial charge in [0.2, 0.25) is 0 Å². The Hall–Kier alpha value is -4.70. The van der Waals surface area contributed by atoms with Gasteiger partial charge < -0.3 is 14.6 Å². The number of carbonyl (C=O) groups is 4. The summed E-state index contributed by atoms with van der Waals surface area (Å²) in [4.78, 5) is 49.7. The van der Waals surface area contributed by atoms with Crippen molar-refractivity contribution < 1.29 is 38.1 Å². The number of benzene rings is 3. The van der Waals surface area contributed by atoms with E-state index in [1.165, 1.54) is 42.5 Å². The zero-order valence-corrected chi connectivity index (χ0v) is 20.6. The van der Waals surface area contributed by atoms with Gasteiger partial charge in [-0.3, -0.25) is 14.9 Å². The second-order valence-electron chi connectivity index (χ2n) is 7.99. The number of barbiturate groups is 1. The highest BCUT2D eigenvalue weighted by atomic mass is 35.5. The van der Waals surface area contributed by atoms with Crippen molar-refractivity contribution in [1.29, 1.82) is 0 Å². The van der Waals surface area contributed by atoms with Crippen LogP contribution in [0.15, 0.2) is 66.2 Å². The minimum Gasteiger partial charge on any atom is -0.490 e. The lowest BCUT2D eigenvalue weighted by molar-refractivity contribution is -0.122. The molecule has 0 spiro atoms. The molecule has 2 N–H and O–H groups in total. The van der Waals surface area contributed by atoms with Gasteiger partial charge in [0.1, 0.15) is 18.0 Å². The van der Waals surface area contributed by atoms with Crippen molar-refractivity contribution in [3.05, 3.63) is 93.8 Å². The molecule has 0 radical (unpaired) electrons. The largest absolute Gasteiger partial charge is 0.490 e. The lowest BCUT2D eigenvalue weighted by Crippen LogP contribution is -2.54. The third-order valence-corrected chi connectivity index (χ3v) is 5.69. The Morgan fingerprint density at radius 3 is 2.37 bits per heavy atom. The highest BCUT2D eigenvalue weighted by molar-refractivity contribution is 6.39. The Morgan fingerprint density at radius 2 is 1.74 bits per heavy atom. The molecule has 3 aromatic rings. The summed E-state index contributed by atoms with van der Waals surface area (Å²) in [5.41, 5.74) is 0.888. The Kier molecular flexibility index (Phi) is 7.73. The number of halogens is 2. The molecule has 1 aliphatic rings. The highest BCUT2D eigenvalue weighted by Crippen LogP contribution is 2.38. The first-order valence-electron chi connectivity index (χ1n) is 11.3. The number of urea groups is 1. The molecule has 0 bridgehead atoms. The van der Waals surface area contributed by atoms with Crippen LogP contribution in [0.4, 0.5) is 14.9 Å². The molecule has 1 fully saturated rings. The smallest absolute Gasteiger partial charge is 0.335 e. The summed E-state index contributed by atoms with van der Waals surface area (Å²) in [5, 5.41) is 11.3. The predicted molar refractivity (Wildman–Crippen MR) is 136 cm³/mol. The van der Waals surface area contributed by atoms with Crippen molar-refractivity contribution in [3.8, 4) is 11.5 Å². The molecule has 38 heavy (non-hydrogen) atoms. The van der Waals surface area contributed by atoms with Gasteiger partial charge in [-0.05, 0) is 72.7 Å². The van der Waals surface area contributed by atoms with E-state index in [9.17, 15) is 23.6 Å². The monoisotopic (exact) mass is 538 g/mol. The van der Waals surface area contributed by atoms with Crippen LogP contribution in [0.3, 0.4) is 0 Å². The molecule has 11 heteroatoms. The van der Waals surface area contributed by atoms with Crippen LogP contribution in [0.1, 0.15) is 28.4 Å². The molecular formula is C27H20ClFN2O7.